The molecule has 0 aliphatic heterocycles. The second-order valence-electron chi connectivity index (χ2n) is 7.47. The number of hydrogen-bond acceptors (Lipinski definition) is 4. The number of anilines is 1. The lowest BCUT2D eigenvalue weighted by atomic mass is 10.1. The monoisotopic (exact) mass is 396 g/mol. The molecule has 0 fully saturated rings. The Morgan fingerprint density at radius 2 is 1.71 bits per heavy atom. The number of rotatable bonds is 6. The van der Waals surface area contributed by atoms with Gasteiger partial charge in [0, 0.05) is 11.1 Å². The number of nitrogens with one attached hydrogen (secondary N) is 1. The molecular weight excluding hydrogens is 370 g/mol. The van der Waals surface area contributed by atoms with Gasteiger partial charge in [0.05, 0.1) is 37.4 Å². The third kappa shape index (κ3) is 4.29. The normalized spacial score (nSPS) is 11.2. The fourth-order valence-corrected chi connectivity index (χ4v) is 4.26. The highest BCUT2D eigenvalue weighted by Crippen LogP contribution is 2.32. The topological polar surface area (TPSA) is 54.7 Å². The summed E-state index contributed by atoms with van der Waals surface area (Å²) in [7, 11) is 4.13. The number of amides is 1. The van der Waals surface area contributed by atoms with Gasteiger partial charge in [0.1, 0.15) is 0 Å². The number of quaternary nitrogens is 1. The van der Waals surface area contributed by atoms with Crippen LogP contribution in [0.25, 0.3) is 10.2 Å². The molecular formula is C22H26N3O2S+. The van der Waals surface area contributed by atoms with Crippen LogP contribution in [0.1, 0.15) is 38.8 Å². The molecule has 1 N–H and O–H groups in total. The first-order chi connectivity index (χ1) is 13.3. The van der Waals surface area contributed by atoms with E-state index >= 15 is 0 Å². The van der Waals surface area contributed by atoms with E-state index in [9.17, 15) is 9.59 Å². The lowest BCUT2D eigenvalue weighted by molar-refractivity contribution is -0.856. The van der Waals surface area contributed by atoms with E-state index in [0.717, 1.165) is 22.3 Å². The van der Waals surface area contributed by atoms with Crippen molar-refractivity contribution in [2.45, 2.75) is 20.8 Å². The molecule has 1 heterocycles. The minimum Gasteiger partial charge on any atom is -0.338 e. The van der Waals surface area contributed by atoms with Gasteiger partial charge in [-0.25, -0.2) is 4.98 Å². The summed E-state index contributed by atoms with van der Waals surface area (Å²) < 4.78 is 1.09. The van der Waals surface area contributed by atoms with Crippen LogP contribution in [-0.2, 0) is 0 Å². The van der Waals surface area contributed by atoms with Crippen LogP contribution in [0.2, 0.25) is 0 Å². The van der Waals surface area contributed by atoms with Crippen molar-refractivity contribution in [3.8, 4) is 0 Å². The van der Waals surface area contributed by atoms with E-state index in [1.165, 1.54) is 17.4 Å². The number of nitrogens with zero attached hydrogens (tertiary/aromatic N) is 2. The van der Waals surface area contributed by atoms with Crippen molar-refractivity contribution in [1.82, 2.24) is 4.98 Å². The molecule has 0 spiro atoms. The van der Waals surface area contributed by atoms with E-state index in [-0.39, 0.29) is 11.7 Å². The van der Waals surface area contributed by atoms with Crippen molar-refractivity contribution in [2.24, 2.45) is 0 Å². The van der Waals surface area contributed by atoms with Crippen molar-refractivity contribution in [3.63, 3.8) is 0 Å². The van der Waals surface area contributed by atoms with Gasteiger partial charge in [0.25, 0.3) is 5.91 Å². The van der Waals surface area contributed by atoms with Crippen molar-refractivity contribution < 1.29 is 14.5 Å². The summed E-state index contributed by atoms with van der Waals surface area (Å²) in [4.78, 5) is 32.6. The largest absolute Gasteiger partial charge is 0.338 e. The molecule has 0 saturated heterocycles. The Morgan fingerprint density at radius 1 is 1.07 bits per heavy atom. The van der Waals surface area contributed by atoms with Gasteiger partial charge in [-0.15, -0.1) is 0 Å². The predicted molar refractivity (Wildman–Crippen MR) is 115 cm³/mol. The molecule has 28 heavy (non-hydrogen) atoms. The Balaban J connectivity index is 1.99. The predicted octanol–water partition coefficient (Wildman–Crippen LogP) is 2.91. The van der Waals surface area contributed by atoms with Crippen molar-refractivity contribution >= 4 is 38.4 Å². The molecule has 0 atom stereocenters. The van der Waals surface area contributed by atoms with Crippen LogP contribution < -0.4 is 9.80 Å². The first kappa shape index (κ1) is 20.2. The molecule has 1 aromatic heterocycles. The summed E-state index contributed by atoms with van der Waals surface area (Å²) in [6.07, 6.45) is 0. The Bertz CT molecular complexity index is 1020. The van der Waals surface area contributed by atoms with Crippen LogP contribution in [0, 0.1) is 13.8 Å². The third-order valence-corrected chi connectivity index (χ3v) is 5.69. The molecule has 5 nitrogen and oxygen atoms in total. The van der Waals surface area contributed by atoms with E-state index in [4.69, 9.17) is 4.98 Å². The molecule has 0 aliphatic rings. The summed E-state index contributed by atoms with van der Waals surface area (Å²) >= 11 is 1.55. The summed E-state index contributed by atoms with van der Waals surface area (Å²) in [5.41, 5.74) is 4.43. The zero-order valence-corrected chi connectivity index (χ0v) is 17.8. The highest BCUT2D eigenvalue weighted by atomic mass is 32.1. The van der Waals surface area contributed by atoms with Gasteiger partial charge in [-0.05, 0) is 50.1 Å². The van der Waals surface area contributed by atoms with Crippen LogP contribution >= 0.6 is 11.3 Å². The SMILES string of the molecule is CC(=O)c1ccc(C(=O)N(CC[NH+](C)C)c2nc3c(C)cc(C)cc3s2)cc1. The summed E-state index contributed by atoms with van der Waals surface area (Å²) in [5, 5.41) is 0.714. The van der Waals surface area contributed by atoms with Gasteiger partial charge in [-0.2, -0.15) is 0 Å². The molecule has 1 amide bonds. The van der Waals surface area contributed by atoms with E-state index in [1.807, 2.05) is 0 Å². The number of carbonyl (C=O) groups excluding carboxylic acids is 2. The van der Waals surface area contributed by atoms with E-state index in [2.05, 4.69) is 40.1 Å². The zero-order chi connectivity index (χ0) is 20.4. The van der Waals surface area contributed by atoms with Gasteiger partial charge < -0.3 is 4.90 Å². The number of hydrogen-bond donors (Lipinski definition) is 1. The summed E-state index contributed by atoms with van der Waals surface area (Å²) in [5.74, 6) is -0.103. The Hall–Kier alpha value is -2.57. The lowest BCUT2D eigenvalue weighted by Gasteiger charge is -2.20. The standard InChI is InChI=1S/C22H25N3O2S/c1-14-12-15(2)20-19(13-14)28-22(23-20)25(11-10-24(4)5)21(27)18-8-6-17(7-9-18)16(3)26/h6-9,12-13H,10-11H2,1-5H3/p+1. The minimum absolute atomic E-state index is 0.0101. The Morgan fingerprint density at radius 3 is 2.32 bits per heavy atom. The molecule has 0 unspecified atom stereocenters. The smallest absolute Gasteiger partial charge is 0.260 e. The zero-order valence-electron chi connectivity index (χ0n) is 17.0. The third-order valence-electron chi connectivity index (χ3n) is 4.67. The van der Waals surface area contributed by atoms with Gasteiger partial charge in [0.15, 0.2) is 10.9 Å². The second kappa shape index (κ2) is 8.20. The number of carbonyl (C=O) groups is 2. The number of aryl methyl sites for hydroxylation is 2. The van der Waals surface area contributed by atoms with Gasteiger partial charge in [0.2, 0.25) is 0 Å². The maximum absolute atomic E-state index is 13.3. The Labute approximate surface area is 169 Å². The number of ketones is 1. The molecule has 3 rings (SSSR count). The van der Waals surface area contributed by atoms with E-state index in [1.54, 1.807) is 40.5 Å². The van der Waals surface area contributed by atoms with Crippen molar-refractivity contribution in [3.05, 3.63) is 58.7 Å². The summed E-state index contributed by atoms with van der Waals surface area (Å²) in [6.45, 7) is 7.03. The number of Topliss-reactive ketones (excluding diaryl/α,β-unsaturated/α-hetero) is 1. The van der Waals surface area contributed by atoms with Gasteiger partial charge in [-0.3, -0.25) is 14.5 Å². The average Bonchev–Trinajstić information content (AvgIpc) is 3.05. The van der Waals surface area contributed by atoms with E-state index < -0.39 is 0 Å². The second-order valence-corrected chi connectivity index (χ2v) is 8.48. The number of likely N-dealkylation sites (N-methyl/N-ethyl adjacent to an activating group) is 1. The minimum atomic E-state index is -0.0928. The highest BCUT2D eigenvalue weighted by molar-refractivity contribution is 7.22. The van der Waals surface area contributed by atoms with Crippen LogP contribution in [0.3, 0.4) is 0 Å². The molecule has 0 aliphatic carbocycles. The first-order valence-electron chi connectivity index (χ1n) is 9.36. The maximum atomic E-state index is 13.3. The van der Waals surface area contributed by atoms with Crippen molar-refractivity contribution in [1.29, 1.82) is 0 Å². The van der Waals surface area contributed by atoms with Crippen LogP contribution in [-0.4, -0.2) is 43.9 Å². The molecule has 0 saturated carbocycles. The molecule has 2 aromatic carbocycles. The fraction of sp³-hybridized carbons (Fsp3) is 0.318. The Kier molecular flexibility index (Phi) is 5.91. The number of fused-ring (bicyclic) bond motifs is 1. The lowest BCUT2D eigenvalue weighted by Crippen LogP contribution is -3.06. The van der Waals surface area contributed by atoms with Gasteiger partial charge in [-0.1, -0.05) is 29.5 Å². The number of thiazole rings is 1. The summed E-state index contributed by atoms with van der Waals surface area (Å²) in [6, 6.07) is 11.1. The molecule has 0 bridgehead atoms. The van der Waals surface area contributed by atoms with Crippen LogP contribution in [0.4, 0.5) is 5.13 Å². The highest BCUT2D eigenvalue weighted by Gasteiger charge is 2.23. The fourth-order valence-electron chi connectivity index (χ4n) is 3.10. The van der Waals surface area contributed by atoms with Gasteiger partial charge >= 0.3 is 0 Å². The van der Waals surface area contributed by atoms with Crippen LogP contribution in [0.5, 0.6) is 0 Å². The first-order valence-corrected chi connectivity index (χ1v) is 10.2. The van der Waals surface area contributed by atoms with Crippen LogP contribution in [0.15, 0.2) is 36.4 Å². The molecule has 6 heteroatoms. The number of aromatic nitrogens is 1. The molecule has 0 radical (unpaired) electrons. The van der Waals surface area contributed by atoms with E-state index in [0.29, 0.717) is 22.8 Å². The van der Waals surface area contributed by atoms with Crippen molar-refractivity contribution in [2.75, 3.05) is 32.1 Å². The molecule has 3 aromatic rings. The molecule has 146 valence electrons. The quantitative estimate of drug-likeness (QED) is 0.652. The number of benzene rings is 2. The average molecular weight is 397 g/mol. The maximum Gasteiger partial charge on any atom is 0.260 e.